The van der Waals surface area contributed by atoms with Gasteiger partial charge in [-0.1, -0.05) is 0 Å². The lowest BCUT2D eigenvalue weighted by Gasteiger charge is -2.36. The summed E-state index contributed by atoms with van der Waals surface area (Å²) in [6.07, 6.45) is 0.326. The fourth-order valence-electron chi connectivity index (χ4n) is 3.20. The largest absolute Gasteiger partial charge is 0.508 e. The van der Waals surface area contributed by atoms with Gasteiger partial charge < -0.3 is 29.1 Å². The average molecular weight is 386 g/mol. The molecule has 0 unspecified atom stereocenters. The molecule has 0 saturated carbocycles. The summed E-state index contributed by atoms with van der Waals surface area (Å²) in [5, 5.41) is 9.27. The number of phenolic OH excluding ortho intramolecular Hbond substituents is 1. The Labute approximate surface area is 165 Å². The Hall–Kier alpha value is -3.09. The Bertz CT molecular complexity index is 786. The number of anilines is 1. The summed E-state index contributed by atoms with van der Waals surface area (Å²) < 4.78 is 16.3. The van der Waals surface area contributed by atoms with Crippen LogP contribution in [0.5, 0.6) is 23.0 Å². The maximum absolute atomic E-state index is 12.4. The third-order valence-corrected chi connectivity index (χ3v) is 4.78. The van der Waals surface area contributed by atoms with Crippen LogP contribution in [-0.2, 0) is 4.79 Å². The highest BCUT2D eigenvalue weighted by atomic mass is 16.5. The van der Waals surface area contributed by atoms with Gasteiger partial charge >= 0.3 is 0 Å². The Morgan fingerprint density at radius 3 is 2.29 bits per heavy atom. The molecule has 1 saturated heterocycles. The minimum absolute atomic E-state index is 0.0834. The van der Waals surface area contributed by atoms with Gasteiger partial charge in [-0.2, -0.15) is 0 Å². The number of ether oxygens (including phenoxy) is 3. The van der Waals surface area contributed by atoms with Crippen molar-refractivity contribution in [3.05, 3.63) is 42.5 Å². The quantitative estimate of drug-likeness (QED) is 0.789. The molecule has 0 aromatic heterocycles. The first kappa shape index (κ1) is 19.7. The Morgan fingerprint density at radius 2 is 1.64 bits per heavy atom. The van der Waals surface area contributed by atoms with Gasteiger partial charge in [0.1, 0.15) is 23.0 Å². The third kappa shape index (κ3) is 4.79. The first-order chi connectivity index (χ1) is 13.6. The molecule has 2 aromatic rings. The fourth-order valence-corrected chi connectivity index (χ4v) is 3.20. The highest BCUT2D eigenvalue weighted by Gasteiger charge is 2.23. The molecular weight excluding hydrogens is 360 g/mol. The van der Waals surface area contributed by atoms with Gasteiger partial charge in [0, 0.05) is 32.2 Å². The van der Waals surface area contributed by atoms with E-state index in [0.717, 1.165) is 30.3 Å². The van der Waals surface area contributed by atoms with Crippen molar-refractivity contribution >= 4 is 11.6 Å². The molecule has 150 valence electrons. The van der Waals surface area contributed by atoms with Crippen LogP contribution in [0.2, 0.25) is 0 Å². The number of rotatable bonds is 7. The van der Waals surface area contributed by atoms with Gasteiger partial charge in [0.05, 0.1) is 32.9 Å². The van der Waals surface area contributed by atoms with E-state index < -0.39 is 0 Å². The highest BCUT2D eigenvalue weighted by Crippen LogP contribution is 2.32. The molecule has 0 atom stereocenters. The molecule has 1 heterocycles. The topological polar surface area (TPSA) is 71.5 Å². The van der Waals surface area contributed by atoms with Crippen LogP contribution in [-0.4, -0.2) is 62.9 Å². The zero-order valence-electron chi connectivity index (χ0n) is 16.3. The van der Waals surface area contributed by atoms with Crippen molar-refractivity contribution in [1.29, 1.82) is 0 Å². The Morgan fingerprint density at radius 1 is 0.964 bits per heavy atom. The number of carbonyl (C=O) groups excluding carboxylic acids is 1. The summed E-state index contributed by atoms with van der Waals surface area (Å²) in [7, 11) is 3.27. The second-order valence-corrected chi connectivity index (χ2v) is 6.50. The van der Waals surface area contributed by atoms with Crippen LogP contribution in [0, 0.1) is 0 Å². The molecule has 0 radical (unpaired) electrons. The second kappa shape index (κ2) is 9.21. The Balaban J connectivity index is 1.48. The number of piperazine rings is 1. The summed E-state index contributed by atoms with van der Waals surface area (Å²) in [6, 6.07) is 12.2. The minimum Gasteiger partial charge on any atom is -0.508 e. The zero-order chi connectivity index (χ0) is 19.9. The number of aromatic hydroxyl groups is 1. The van der Waals surface area contributed by atoms with Crippen molar-refractivity contribution in [1.82, 2.24) is 4.90 Å². The van der Waals surface area contributed by atoms with Crippen molar-refractivity contribution in [3.63, 3.8) is 0 Å². The summed E-state index contributed by atoms with van der Waals surface area (Å²) >= 11 is 0. The van der Waals surface area contributed by atoms with Crippen LogP contribution in [0.4, 0.5) is 5.69 Å². The predicted molar refractivity (Wildman–Crippen MR) is 107 cm³/mol. The number of phenols is 1. The highest BCUT2D eigenvalue weighted by molar-refractivity contribution is 5.76. The van der Waals surface area contributed by atoms with E-state index in [1.807, 2.05) is 23.1 Å². The van der Waals surface area contributed by atoms with E-state index >= 15 is 0 Å². The van der Waals surface area contributed by atoms with Crippen LogP contribution < -0.4 is 19.1 Å². The van der Waals surface area contributed by atoms with Crippen LogP contribution >= 0.6 is 0 Å². The standard InChI is InChI=1S/C21H26N2O5/c1-26-18-7-8-19(20(15-18)27-2)22-10-12-23(13-11-22)21(25)9-14-28-17-5-3-16(24)4-6-17/h3-8,15,24H,9-14H2,1-2H3. The molecular formula is C21H26N2O5. The first-order valence-corrected chi connectivity index (χ1v) is 9.27. The number of carbonyl (C=O) groups is 1. The van der Waals surface area contributed by atoms with Crippen LogP contribution in [0.15, 0.2) is 42.5 Å². The molecule has 0 spiro atoms. The van der Waals surface area contributed by atoms with Crippen molar-refractivity contribution in [2.75, 3.05) is 51.9 Å². The molecule has 1 aliphatic heterocycles. The molecule has 3 rings (SSSR count). The van der Waals surface area contributed by atoms with E-state index in [1.165, 1.54) is 0 Å². The fraction of sp³-hybridized carbons (Fsp3) is 0.381. The lowest BCUT2D eigenvalue weighted by atomic mass is 10.2. The number of methoxy groups -OCH3 is 2. The number of amides is 1. The van der Waals surface area contributed by atoms with Crippen LogP contribution in [0.3, 0.4) is 0 Å². The van der Waals surface area contributed by atoms with Gasteiger partial charge in [-0.25, -0.2) is 0 Å². The van der Waals surface area contributed by atoms with Crippen LogP contribution in [0.1, 0.15) is 6.42 Å². The van der Waals surface area contributed by atoms with E-state index in [4.69, 9.17) is 14.2 Å². The minimum atomic E-state index is 0.0834. The molecule has 0 bridgehead atoms. The van der Waals surface area contributed by atoms with Gasteiger partial charge in [0.15, 0.2) is 0 Å². The zero-order valence-corrected chi connectivity index (χ0v) is 16.3. The maximum atomic E-state index is 12.4. The molecule has 1 N–H and O–H groups in total. The monoisotopic (exact) mass is 386 g/mol. The van der Waals surface area contributed by atoms with E-state index in [-0.39, 0.29) is 11.7 Å². The van der Waals surface area contributed by atoms with Gasteiger partial charge in [-0.3, -0.25) is 4.79 Å². The van der Waals surface area contributed by atoms with Gasteiger partial charge in [-0.05, 0) is 36.4 Å². The lowest BCUT2D eigenvalue weighted by Crippen LogP contribution is -2.49. The number of hydrogen-bond acceptors (Lipinski definition) is 6. The molecule has 28 heavy (non-hydrogen) atoms. The van der Waals surface area contributed by atoms with Gasteiger partial charge in [0.2, 0.25) is 5.91 Å². The van der Waals surface area contributed by atoms with Gasteiger partial charge in [0.25, 0.3) is 0 Å². The molecule has 1 amide bonds. The number of hydrogen-bond donors (Lipinski definition) is 1. The summed E-state index contributed by atoms with van der Waals surface area (Å²) in [5.74, 6) is 2.43. The second-order valence-electron chi connectivity index (χ2n) is 6.50. The average Bonchev–Trinajstić information content (AvgIpc) is 2.74. The molecule has 7 heteroatoms. The van der Waals surface area contributed by atoms with Crippen LogP contribution in [0.25, 0.3) is 0 Å². The normalized spacial score (nSPS) is 13.9. The van der Waals surface area contributed by atoms with E-state index in [0.29, 0.717) is 31.9 Å². The number of nitrogens with zero attached hydrogens (tertiary/aromatic N) is 2. The third-order valence-electron chi connectivity index (χ3n) is 4.78. The summed E-state index contributed by atoms with van der Waals surface area (Å²) in [5.41, 5.74) is 1.01. The lowest BCUT2D eigenvalue weighted by molar-refractivity contribution is -0.132. The first-order valence-electron chi connectivity index (χ1n) is 9.27. The van der Waals surface area contributed by atoms with Crippen molar-refractivity contribution in [2.45, 2.75) is 6.42 Å². The van der Waals surface area contributed by atoms with Crippen molar-refractivity contribution < 1.29 is 24.1 Å². The van der Waals surface area contributed by atoms with E-state index in [1.54, 1.807) is 38.5 Å². The van der Waals surface area contributed by atoms with Crippen molar-refractivity contribution in [2.24, 2.45) is 0 Å². The van der Waals surface area contributed by atoms with Gasteiger partial charge in [-0.15, -0.1) is 0 Å². The summed E-state index contributed by atoms with van der Waals surface area (Å²) in [4.78, 5) is 16.5. The molecule has 7 nitrogen and oxygen atoms in total. The van der Waals surface area contributed by atoms with E-state index in [9.17, 15) is 9.90 Å². The number of benzene rings is 2. The smallest absolute Gasteiger partial charge is 0.226 e. The molecule has 0 aliphatic carbocycles. The molecule has 1 aliphatic rings. The van der Waals surface area contributed by atoms with Crippen molar-refractivity contribution in [3.8, 4) is 23.0 Å². The molecule has 1 fully saturated rings. The maximum Gasteiger partial charge on any atom is 0.226 e. The van der Waals surface area contributed by atoms with E-state index in [2.05, 4.69) is 4.90 Å². The molecule has 2 aromatic carbocycles. The SMILES string of the molecule is COc1ccc(N2CCN(C(=O)CCOc3ccc(O)cc3)CC2)c(OC)c1. The Kier molecular flexibility index (Phi) is 6.47. The summed E-state index contributed by atoms with van der Waals surface area (Å²) in [6.45, 7) is 3.12. The predicted octanol–water partition coefficient (Wildman–Crippen LogP) is 2.53.